The number of nitrogens with zero attached hydrogens (tertiary/aromatic N) is 1. The Bertz CT molecular complexity index is 1750. The van der Waals surface area contributed by atoms with Gasteiger partial charge >= 0.3 is 5.97 Å². The second-order valence-electron chi connectivity index (χ2n) is 12.6. The summed E-state index contributed by atoms with van der Waals surface area (Å²) in [6, 6.07) is 28.4. The first-order valence-corrected chi connectivity index (χ1v) is 17.0. The van der Waals surface area contributed by atoms with Crippen LogP contribution >= 0.6 is 0 Å². The number of hydrogen-bond donors (Lipinski definition) is 4. The summed E-state index contributed by atoms with van der Waals surface area (Å²) in [5.74, 6) is -0.805. The molecule has 50 heavy (non-hydrogen) atoms. The standard InChI is InChI=1S/C40H46N4O6/c1-41-20-10-15-33-39(46)44(3)35(40(47)48)24-32-22-30(17-19-37(32)50-26-28-13-8-5-9-14-28)29-16-18-36(49-25-27-11-6-4-7-12-27)31(21-29)23-34(42-2)38(45)43-33/h4-9,11-14,16-19,21-22,33-35,41-42H,10,15,20,23-26H2,1-3H3,(H,43,45)(H,47,48)/t33-,34-,35-/m0/s1. The summed E-state index contributed by atoms with van der Waals surface area (Å²) in [7, 11) is 5.01. The molecule has 1 heterocycles. The third-order valence-electron chi connectivity index (χ3n) is 9.07. The number of nitrogens with one attached hydrogen (secondary N) is 3. The lowest BCUT2D eigenvalue weighted by atomic mass is 9.95. The molecule has 5 rings (SSSR count). The molecular formula is C40H46N4O6. The van der Waals surface area contributed by atoms with Gasteiger partial charge < -0.3 is 35.4 Å². The molecule has 10 heteroatoms. The van der Waals surface area contributed by atoms with Crippen LogP contribution in [0.2, 0.25) is 0 Å². The number of amides is 2. The first kappa shape index (κ1) is 36.1. The van der Waals surface area contributed by atoms with Crippen molar-refractivity contribution in [1.82, 2.24) is 20.9 Å². The van der Waals surface area contributed by atoms with Crippen LogP contribution in [0.5, 0.6) is 11.5 Å². The molecule has 0 saturated carbocycles. The van der Waals surface area contributed by atoms with Crippen molar-refractivity contribution < 1.29 is 29.0 Å². The van der Waals surface area contributed by atoms with Crippen molar-refractivity contribution in [3.63, 3.8) is 0 Å². The van der Waals surface area contributed by atoms with Crippen LogP contribution in [0.4, 0.5) is 0 Å². The van der Waals surface area contributed by atoms with Gasteiger partial charge in [-0.2, -0.15) is 0 Å². The molecule has 0 aromatic heterocycles. The molecule has 3 atom stereocenters. The van der Waals surface area contributed by atoms with Gasteiger partial charge in [-0.15, -0.1) is 0 Å². The number of carbonyl (C=O) groups excluding carboxylic acids is 2. The lowest BCUT2D eigenvalue weighted by Gasteiger charge is -2.30. The van der Waals surface area contributed by atoms with E-state index in [1.54, 1.807) is 7.05 Å². The van der Waals surface area contributed by atoms with E-state index in [1.807, 2.05) is 104 Å². The summed E-state index contributed by atoms with van der Waals surface area (Å²) in [6.07, 6.45) is 1.22. The van der Waals surface area contributed by atoms with E-state index in [1.165, 1.54) is 11.9 Å². The maximum atomic E-state index is 14.0. The molecule has 4 bridgehead atoms. The molecule has 0 radical (unpaired) electrons. The first-order valence-electron chi connectivity index (χ1n) is 17.0. The zero-order valence-electron chi connectivity index (χ0n) is 28.9. The number of hydrogen-bond acceptors (Lipinski definition) is 7. The van der Waals surface area contributed by atoms with Gasteiger partial charge in [0.2, 0.25) is 11.8 Å². The Morgan fingerprint density at radius 2 is 1.36 bits per heavy atom. The fraction of sp³-hybridized carbons (Fsp3) is 0.325. The van der Waals surface area contributed by atoms with Gasteiger partial charge in [0.05, 0.1) is 6.04 Å². The highest BCUT2D eigenvalue weighted by atomic mass is 16.5. The third-order valence-corrected chi connectivity index (χ3v) is 9.07. The lowest BCUT2D eigenvalue weighted by Crippen LogP contribution is -2.56. The second kappa shape index (κ2) is 17.5. The van der Waals surface area contributed by atoms with Gasteiger partial charge in [-0.25, -0.2) is 4.79 Å². The molecule has 262 valence electrons. The van der Waals surface area contributed by atoms with Gasteiger partial charge in [-0.05, 0) is 91.1 Å². The van der Waals surface area contributed by atoms with E-state index in [2.05, 4.69) is 16.0 Å². The maximum Gasteiger partial charge on any atom is 0.326 e. The molecule has 0 unspecified atom stereocenters. The Hall–Kier alpha value is -5.19. The molecule has 1 aliphatic rings. The van der Waals surface area contributed by atoms with Crippen LogP contribution in [-0.4, -0.2) is 73.6 Å². The van der Waals surface area contributed by atoms with E-state index in [0.29, 0.717) is 49.7 Å². The summed E-state index contributed by atoms with van der Waals surface area (Å²) in [6.45, 7) is 1.28. The number of carboxylic acids is 1. The minimum absolute atomic E-state index is 0.00299. The Labute approximate surface area is 293 Å². The van der Waals surface area contributed by atoms with Gasteiger partial charge in [0.15, 0.2) is 0 Å². The van der Waals surface area contributed by atoms with Crippen molar-refractivity contribution in [2.75, 3.05) is 27.7 Å². The summed E-state index contributed by atoms with van der Waals surface area (Å²) in [4.78, 5) is 41.9. The van der Waals surface area contributed by atoms with Crippen molar-refractivity contribution in [1.29, 1.82) is 0 Å². The van der Waals surface area contributed by atoms with Crippen LogP contribution in [0.15, 0.2) is 97.1 Å². The Morgan fingerprint density at radius 3 is 1.86 bits per heavy atom. The second-order valence-corrected chi connectivity index (χ2v) is 12.6. The van der Waals surface area contributed by atoms with Crippen LogP contribution in [0.25, 0.3) is 11.1 Å². The molecule has 10 nitrogen and oxygen atoms in total. The molecule has 4 N–H and O–H groups in total. The SMILES string of the molecule is CNCCC[C@@H]1NC(=O)[C@@H](NC)Cc2cc(ccc2OCc2ccccc2)-c2ccc(OCc3ccccc3)c(c2)C[C@@H](C(=O)O)N(C)C1=O. The minimum atomic E-state index is -1.21. The molecule has 4 aromatic rings. The van der Waals surface area contributed by atoms with E-state index in [0.717, 1.165) is 27.8 Å². The molecular weight excluding hydrogens is 632 g/mol. The number of likely N-dealkylation sites (N-methyl/N-ethyl adjacent to an activating group) is 2. The average molecular weight is 679 g/mol. The molecule has 0 fully saturated rings. The van der Waals surface area contributed by atoms with E-state index in [4.69, 9.17) is 9.47 Å². The molecule has 0 spiro atoms. The van der Waals surface area contributed by atoms with Crippen LogP contribution in [0, 0.1) is 0 Å². The smallest absolute Gasteiger partial charge is 0.326 e. The van der Waals surface area contributed by atoms with Crippen molar-refractivity contribution >= 4 is 17.8 Å². The van der Waals surface area contributed by atoms with E-state index < -0.39 is 30.0 Å². The normalized spacial score (nSPS) is 18.1. The molecule has 2 amide bonds. The van der Waals surface area contributed by atoms with Crippen LogP contribution in [-0.2, 0) is 40.4 Å². The van der Waals surface area contributed by atoms with Gasteiger partial charge in [0.1, 0.15) is 36.8 Å². The number of carbonyl (C=O) groups is 3. The fourth-order valence-electron chi connectivity index (χ4n) is 6.15. The summed E-state index contributed by atoms with van der Waals surface area (Å²) >= 11 is 0. The van der Waals surface area contributed by atoms with E-state index in [-0.39, 0.29) is 18.7 Å². The predicted octanol–water partition coefficient (Wildman–Crippen LogP) is 4.59. The average Bonchev–Trinajstić information content (AvgIpc) is 3.14. The predicted molar refractivity (Wildman–Crippen MR) is 193 cm³/mol. The largest absolute Gasteiger partial charge is 0.489 e. The van der Waals surface area contributed by atoms with E-state index >= 15 is 0 Å². The minimum Gasteiger partial charge on any atom is -0.489 e. The molecule has 4 aromatic carbocycles. The van der Waals surface area contributed by atoms with Crippen molar-refractivity contribution in [2.45, 2.75) is 57.0 Å². The highest BCUT2D eigenvalue weighted by Crippen LogP contribution is 2.33. The highest BCUT2D eigenvalue weighted by Gasteiger charge is 2.34. The van der Waals surface area contributed by atoms with E-state index in [9.17, 15) is 19.5 Å². The number of ether oxygens (including phenoxy) is 2. The number of rotatable bonds is 12. The van der Waals surface area contributed by atoms with Crippen molar-refractivity contribution in [3.05, 3.63) is 119 Å². The molecule has 0 aliphatic carbocycles. The van der Waals surface area contributed by atoms with Gasteiger partial charge in [0.25, 0.3) is 0 Å². The van der Waals surface area contributed by atoms with Crippen LogP contribution in [0.3, 0.4) is 0 Å². The maximum absolute atomic E-state index is 14.0. The van der Waals surface area contributed by atoms with Gasteiger partial charge in [0, 0.05) is 19.9 Å². The number of benzene rings is 4. The Kier molecular flexibility index (Phi) is 12.6. The lowest BCUT2D eigenvalue weighted by molar-refractivity contribution is -0.150. The van der Waals surface area contributed by atoms with Gasteiger partial charge in [-0.3, -0.25) is 9.59 Å². The van der Waals surface area contributed by atoms with Crippen LogP contribution < -0.4 is 25.4 Å². The number of carboxylic acid groups (broad SMARTS) is 1. The van der Waals surface area contributed by atoms with Gasteiger partial charge in [-0.1, -0.05) is 72.8 Å². The highest BCUT2D eigenvalue weighted by molar-refractivity contribution is 5.92. The number of fused-ring (bicyclic) bond motifs is 5. The van der Waals surface area contributed by atoms with Crippen molar-refractivity contribution in [2.24, 2.45) is 0 Å². The zero-order chi connectivity index (χ0) is 35.5. The summed E-state index contributed by atoms with van der Waals surface area (Å²) < 4.78 is 12.6. The quantitative estimate of drug-likeness (QED) is 0.160. The summed E-state index contributed by atoms with van der Waals surface area (Å²) in [5.41, 5.74) is 5.15. The van der Waals surface area contributed by atoms with Crippen molar-refractivity contribution in [3.8, 4) is 22.6 Å². The first-order chi connectivity index (χ1) is 24.3. The topological polar surface area (TPSA) is 129 Å². The summed E-state index contributed by atoms with van der Waals surface area (Å²) in [5, 5.41) is 19.6. The molecule has 1 aliphatic heterocycles. The number of aliphatic carboxylic acids is 1. The Morgan fingerprint density at radius 1 is 0.820 bits per heavy atom. The fourth-order valence-corrected chi connectivity index (χ4v) is 6.15. The Balaban J connectivity index is 1.59. The third kappa shape index (κ3) is 9.28. The molecule has 0 saturated heterocycles. The van der Waals surface area contributed by atoms with Crippen LogP contribution in [0.1, 0.15) is 35.1 Å². The zero-order valence-corrected chi connectivity index (χ0v) is 28.9. The monoisotopic (exact) mass is 678 g/mol.